The van der Waals surface area contributed by atoms with E-state index in [2.05, 4.69) is 10.5 Å². The van der Waals surface area contributed by atoms with Crippen molar-refractivity contribution < 1.29 is 18.8 Å². The van der Waals surface area contributed by atoms with E-state index >= 15 is 0 Å². The number of hydrogen-bond donors (Lipinski definition) is 1. The Hall–Kier alpha value is -1.89. The molecule has 1 rings (SSSR count). The first-order valence-electron chi connectivity index (χ1n) is 6.00. The number of hydrogen-bond acceptors (Lipinski definition) is 5. The van der Waals surface area contributed by atoms with Crippen molar-refractivity contribution >= 4 is 17.6 Å². The van der Waals surface area contributed by atoms with Crippen molar-refractivity contribution in [2.45, 2.75) is 20.3 Å². The van der Waals surface area contributed by atoms with Crippen LogP contribution in [0, 0.1) is 6.92 Å². The molecule has 0 aliphatic rings. The van der Waals surface area contributed by atoms with E-state index in [0.717, 1.165) is 0 Å². The van der Waals surface area contributed by atoms with Crippen molar-refractivity contribution in [3.8, 4) is 0 Å². The zero-order valence-electron chi connectivity index (χ0n) is 11.4. The average Bonchev–Trinajstić information content (AvgIpc) is 2.74. The fourth-order valence-corrected chi connectivity index (χ4v) is 1.50. The first-order chi connectivity index (χ1) is 9.02. The highest BCUT2D eigenvalue weighted by atomic mass is 16.5. The maximum absolute atomic E-state index is 11.7. The van der Waals surface area contributed by atoms with Gasteiger partial charge in [0.25, 0.3) is 0 Å². The Balaban J connectivity index is 2.36. The van der Waals surface area contributed by atoms with Crippen LogP contribution in [0.2, 0.25) is 0 Å². The Morgan fingerprint density at radius 1 is 1.47 bits per heavy atom. The van der Waals surface area contributed by atoms with Gasteiger partial charge in [-0.15, -0.1) is 0 Å². The molecule has 1 aromatic rings. The van der Waals surface area contributed by atoms with E-state index in [-0.39, 0.29) is 18.2 Å². The number of aromatic nitrogens is 1. The van der Waals surface area contributed by atoms with E-state index in [1.54, 1.807) is 25.0 Å². The van der Waals surface area contributed by atoms with Crippen LogP contribution >= 0.6 is 0 Å². The van der Waals surface area contributed by atoms with Crippen LogP contribution in [0.4, 0.5) is 5.82 Å². The molecule has 0 saturated carbocycles. The average molecular weight is 269 g/mol. The smallest absolute Gasteiger partial charge is 0.227 e. The summed E-state index contributed by atoms with van der Waals surface area (Å²) in [5.41, 5.74) is 0. The van der Waals surface area contributed by atoms with Gasteiger partial charge in [-0.25, -0.2) is 0 Å². The number of amides is 2. The number of carbonyl (C=O) groups is 2. The largest absolute Gasteiger partial charge is 0.383 e. The highest BCUT2D eigenvalue weighted by Gasteiger charge is 2.12. The lowest BCUT2D eigenvalue weighted by Gasteiger charge is -2.19. The van der Waals surface area contributed by atoms with Crippen molar-refractivity contribution in [3.05, 3.63) is 11.8 Å². The summed E-state index contributed by atoms with van der Waals surface area (Å²) in [6.07, 6.45) is 0.204. The molecule has 0 fully saturated rings. The van der Waals surface area contributed by atoms with Crippen LogP contribution < -0.4 is 5.32 Å². The third-order valence-corrected chi connectivity index (χ3v) is 2.51. The number of carbonyl (C=O) groups excluding carboxylic acids is 2. The quantitative estimate of drug-likeness (QED) is 0.791. The van der Waals surface area contributed by atoms with Gasteiger partial charge in [0.2, 0.25) is 11.8 Å². The zero-order chi connectivity index (χ0) is 14.3. The molecule has 1 N–H and O–H groups in total. The molecule has 2 amide bonds. The maximum Gasteiger partial charge on any atom is 0.227 e. The second kappa shape index (κ2) is 7.52. The highest BCUT2D eigenvalue weighted by Crippen LogP contribution is 2.07. The fraction of sp³-hybridized carbons (Fsp3) is 0.583. The van der Waals surface area contributed by atoms with Gasteiger partial charge in [0.05, 0.1) is 6.61 Å². The normalized spacial score (nSPS) is 10.3. The molecule has 1 heterocycles. The summed E-state index contributed by atoms with van der Waals surface area (Å²) >= 11 is 0. The van der Waals surface area contributed by atoms with E-state index in [4.69, 9.17) is 9.26 Å². The molecule has 19 heavy (non-hydrogen) atoms. The molecule has 7 nitrogen and oxygen atoms in total. The molecule has 0 spiro atoms. The SMILES string of the molecule is COCCN(CCC(=O)Nc1cc(C)on1)C(C)=O. The predicted molar refractivity (Wildman–Crippen MR) is 68.6 cm³/mol. The molecule has 0 atom stereocenters. The number of aryl methyl sites for hydroxylation is 1. The van der Waals surface area contributed by atoms with Crippen LogP contribution in [0.1, 0.15) is 19.1 Å². The van der Waals surface area contributed by atoms with Crippen LogP contribution in [0.5, 0.6) is 0 Å². The Morgan fingerprint density at radius 2 is 2.21 bits per heavy atom. The van der Waals surface area contributed by atoms with Gasteiger partial charge in [-0.3, -0.25) is 9.59 Å². The number of nitrogens with zero attached hydrogens (tertiary/aromatic N) is 2. The molecule has 0 bridgehead atoms. The van der Waals surface area contributed by atoms with Crippen LogP contribution in [-0.2, 0) is 14.3 Å². The monoisotopic (exact) mass is 269 g/mol. The van der Waals surface area contributed by atoms with Crippen LogP contribution in [0.25, 0.3) is 0 Å². The number of rotatable bonds is 7. The summed E-state index contributed by atoms with van der Waals surface area (Å²) in [6, 6.07) is 1.63. The van der Waals surface area contributed by atoms with Crippen molar-refractivity contribution in [2.24, 2.45) is 0 Å². The molecule has 1 aromatic heterocycles. The molecule has 0 aromatic carbocycles. The fourth-order valence-electron chi connectivity index (χ4n) is 1.50. The van der Waals surface area contributed by atoms with E-state index in [1.807, 2.05) is 0 Å². The van der Waals surface area contributed by atoms with Gasteiger partial charge in [0.1, 0.15) is 5.76 Å². The zero-order valence-corrected chi connectivity index (χ0v) is 11.4. The Bertz CT molecular complexity index is 430. The van der Waals surface area contributed by atoms with Gasteiger partial charge in [-0.1, -0.05) is 5.16 Å². The Morgan fingerprint density at radius 3 is 2.74 bits per heavy atom. The Labute approximate surface area is 111 Å². The second-order valence-electron chi connectivity index (χ2n) is 4.12. The molecule has 106 valence electrons. The topological polar surface area (TPSA) is 84.7 Å². The van der Waals surface area contributed by atoms with Crippen molar-refractivity contribution in [2.75, 3.05) is 32.1 Å². The lowest BCUT2D eigenvalue weighted by molar-refractivity contribution is -0.130. The molecule has 7 heteroatoms. The standard InChI is InChI=1S/C12H19N3O4/c1-9-8-11(14-19-9)13-12(17)4-5-15(10(2)16)6-7-18-3/h8H,4-7H2,1-3H3,(H,13,14,17). The minimum atomic E-state index is -0.211. The van der Waals surface area contributed by atoms with E-state index in [0.29, 0.717) is 31.3 Å². The van der Waals surface area contributed by atoms with Crippen LogP contribution in [0.15, 0.2) is 10.6 Å². The number of methoxy groups -OCH3 is 1. The van der Waals surface area contributed by atoms with Gasteiger partial charge >= 0.3 is 0 Å². The molecule has 0 aliphatic carbocycles. The third kappa shape index (κ3) is 5.52. The number of anilines is 1. The lowest BCUT2D eigenvalue weighted by atomic mass is 10.3. The van der Waals surface area contributed by atoms with Crippen LogP contribution in [0.3, 0.4) is 0 Å². The summed E-state index contributed by atoms with van der Waals surface area (Å²) in [6.45, 7) is 4.48. The predicted octanol–water partition coefficient (Wildman–Crippen LogP) is 0.807. The van der Waals surface area contributed by atoms with Gasteiger partial charge < -0.3 is 19.5 Å². The summed E-state index contributed by atoms with van der Waals surface area (Å²) in [7, 11) is 1.57. The van der Waals surface area contributed by atoms with Gasteiger partial charge in [-0.2, -0.15) is 0 Å². The molecule has 0 unspecified atom stereocenters. The van der Waals surface area contributed by atoms with E-state index < -0.39 is 0 Å². The van der Waals surface area contributed by atoms with Crippen molar-refractivity contribution in [3.63, 3.8) is 0 Å². The van der Waals surface area contributed by atoms with E-state index in [9.17, 15) is 9.59 Å². The molecular weight excluding hydrogens is 250 g/mol. The minimum absolute atomic E-state index is 0.0814. The van der Waals surface area contributed by atoms with Crippen LogP contribution in [-0.4, -0.2) is 48.7 Å². The van der Waals surface area contributed by atoms with E-state index in [1.165, 1.54) is 6.92 Å². The number of nitrogens with one attached hydrogen (secondary N) is 1. The van der Waals surface area contributed by atoms with Gasteiger partial charge in [0.15, 0.2) is 5.82 Å². The molecule has 0 radical (unpaired) electrons. The summed E-state index contributed by atoms with van der Waals surface area (Å²) in [4.78, 5) is 24.6. The summed E-state index contributed by atoms with van der Waals surface area (Å²) in [5, 5.41) is 6.26. The third-order valence-electron chi connectivity index (χ3n) is 2.51. The minimum Gasteiger partial charge on any atom is -0.383 e. The van der Waals surface area contributed by atoms with Gasteiger partial charge in [-0.05, 0) is 6.92 Å². The van der Waals surface area contributed by atoms with Crippen molar-refractivity contribution in [1.29, 1.82) is 0 Å². The number of ether oxygens (including phenoxy) is 1. The second-order valence-corrected chi connectivity index (χ2v) is 4.12. The lowest BCUT2D eigenvalue weighted by Crippen LogP contribution is -2.34. The first kappa shape index (κ1) is 15.2. The molecule has 0 saturated heterocycles. The summed E-state index contributed by atoms with van der Waals surface area (Å²) < 4.78 is 9.75. The van der Waals surface area contributed by atoms with Gasteiger partial charge in [0, 0.05) is 39.6 Å². The maximum atomic E-state index is 11.7. The highest BCUT2D eigenvalue weighted by molar-refractivity contribution is 5.90. The summed E-state index contributed by atoms with van der Waals surface area (Å²) in [5.74, 6) is 0.716. The Kier molecular flexibility index (Phi) is 6.01. The first-order valence-corrected chi connectivity index (χ1v) is 6.00. The van der Waals surface area contributed by atoms with Crippen molar-refractivity contribution in [1.82, 2.24) is 10.1 Å². The molecule has 0 aliphatic heterocycles. The molecular formula is C12H19N3O4.